The predicted molar refractivity (Wildman–Crippen MR) is 84.0 cm³/mol. The van der Waals surface area contributed by atoms with Crippen LogP contribution < -0.4 is 15.4 Å². The molecular weight excluding hydrogens is 330 g/mol. The lowest BCUT2D eigenvalue weighted by Crippen LogP contribution is -2.53. The third kappa shape index (κ3) is 5.30. The van der Waals surface area contributed by atoms with Crippen LogP contribution in [0.15, 0.2) is 24.3 Å². The maximum absolute atomic E-state index is 12.4. The first-order valence-corrected chi connectivity index (χ1v) is 7.14. The van der Waals surface area contributed by atoms with Crippen LogP contribution in [-0.4, -0.2) is 38.3 Å². The second-order valence-corrected chi connectivity index (χ2v) is 5.16. The first kappa shape index (κ1) is 19.6. The SMILES string of the molecule is COC1(C(=O)NCc2cccc(OC(F)F)c2)CCNCC1.Cl. The van der Waals surface area contributed by atoms with E-state index in [-0.39, 0.29) is 30.6 Å². The molecule has 0 saturated carbocycles. The highest BCUT2D eigenvalue weighted by Gasteiger charge is 2.39. The molecule has 1 saturated heterocycles. The smallest absolute Gasteiger partial charge is 0.387 e. The van der Waals surface area contributed by atoms with Gasteiger partial charge in [-0.15, -0.1) is 12.4 Å². The van der Waals surface area contributed by atoms with Crippen molar-refractivity contribution < 1.29 is 23.0 Å². The van der Waals surface area contributed by atoms with Gasteiger partial charge in [0.25, 0.3) is 5.91 Å². The highest BCUT2D eigenvalue weighted by Crippen LogP contribution is 2.23. The first-order chi connectivity index (χ1) is 10.6. The second-order valence-electron chi connectivity index (χ2n) is 5.16. The Bertz CT molecular complexity index is 511. The number of carbonyl (C=O) groups excluding carboxylic acids is 1. The molecule has 1 aliphatic rings. The van der Waals surface area contributed by atoms with Crippen LogP contribution in [0.4, 0.5) is 8.78 Å². The minimum Gasteiger partial charge on any atom is -0.435 e. The number of piperidine rings is 1. The van der Waals surface area contributed by atoms with E-state index in [1.807, 2.05) is 0 Å². The molecule has 0 aromatic heterocycles. The molecule has 0 atom stereocenters. The number of ether oxygens (including phenoxy) is 2. The van der Waals surface area contributed by atoms with E-state index in [1.165, 1.54) is 19.2 Å². The third-order valence-corrected chi connectivity index (χ3v) is 3.79. The van der Waals surface area contributed by atoms with Crippen molar-refractivity contribution in [3.05, 3.63) is 29.8 Å². The molecule has 2 N–H and O–H groups in total. The topological polar surface area (TPSA) is 59.6 Å². The summed E-state index contributed by atoms with van der Waals surface area (Å²) >= 11 is 0. The van der Waals surface area contributed by atoms with Crippen LogP contribution in [0.1, 0.15) is 18.4 Å². The van der Waals surface area contributed by atoms with Crippen LogP contribution in [0.5, 0.6) is 5.75 Å². The van der Waals surface area contributed by atoms with Crippen molar-refractivity contribution in [2.45, 2.75) is 31.6 Å². The van der Waals surface area contributed by atoms with Gasteiger partial charge < -0.3 is 20.1 Å². The number of alkyl halides is 2. The highest BCUT2D eigenvalue weighted by molar-refractivity contribution is 5.85. The summed E-state index contributed by atoms with van der Waals surface area (Å²) in [6, 6.07) is 6.27. The van der Waals surface area contributed by atoms with Crippen LogP contribution >= 0.6 is 12.4 Å². The molecule has 0 radical (unpaired) electrons. The maximum Gasteiger partial charge on any atom is 0.387 e. The van der Waals surface area contributed by atoms with Crippen molar-refractivity contribution in [1.82, 2.24) is 10.6 Å². The van der Waals surface area contributed by atoms with E-state index >= 15 is 0 Å². The zero-order valence-electron chi connectivity index (χ0n) is 12.8. The summed E-state index contributed by atoms with van der Waals surface area (Å²) in [4.78, 5) is 12.4. The number of benzene rings is 1. The van der Waals surface area contributed by atoms with Crippen molar-refractivity contribution in [3.63, 3.8) is 0 Å². The van der Waals surface area contributed by atoms with Crippen molar-refractivity contribution in [2.24, 2.45) is 0 Å². The molecule has 1 aromatic rings. The summed E-state index contributed by atoms with van der Waals surface area (Å²) in [6.45, 7) is -1.19. The van der Waals surface area contributed by atoms with Crippen LogP contribution in [0.2, 0.25) is 0 Å². The molecule has 0 aliphatic carbocycles. The van der Waals surface area contributed by atoms with Gasteiger partial charge in [0.15, 0.2) is 0 Å². The molecule has 23 heavy (non-hydrogen) atoms. The molecule has 1 heterocycles. The van der Waals surface area contributed by atoms with Gasteiger partial charge in [0.1, 0.15) is 11.4 Å². The number of methoxy groups -OCH3 is 1. The molecule has 130 valence electrons. The van der Waals surface area contributed by atoms with Crippen molar-refractivity contribution in [3.8, 4) is 5.75 Å². The van der Waals surface area contributed by atoms with E-state index in [9.17, 15) is 13.6 Å². The van der Waals surface area contributed by atoms with Gasteiger partial charge in [0.05, 0.1) is 0 Å². The number of rotatable bonds is 6. The van der Waals surface area contributed by atoms with E-state index in [2.05, 4.69) is 15.4 Å². The summed E-state index contributed by atoms with van der Waals surface area (Å²) in [5, 5.41) is 5.99. The summed E-state index contributed by atoms with van der Waals surface area (Å²) in [5.74, 6) is -0.109. The zero-order valence-corrected chi connectivity index (χ0v) is 13.6. The zero-order chi connectivity index (χ0) is 16.0. The average molecular weight is 351 g/mol. The molecule has 1 fully saturated rings. The third-order valence-electron chi connectivity index (χ3n) is 3.79. The normalized spacial score (nSPS) is 16.5. The van der Waals surface area contributed by atoms with Crippen molar-refractivity contribution >= 4 is 18.3 Å². The van der Waals surface area contributed by atoms with Gasteiger partial charge in [0, 0.05) is 13.7 Å². The van der Waals surface area contributed by atoms with Crippen molar-refractivity contribution in [1.29, 1.82) is 0 Å². The van der Waals surface area contributed by atoms with Gasteiger partial charge in [0.2, 0.25) is 0 Å². The van der Waals surface area contributed by atoms with Gasteiger partial charge in [-0.2, -0.15) is 8.78 Å². The Kier molecular flexibility index (Phi) is 7.67. The molecule has 1 aromatic carbocycles. The molecule has 2 rings (SSSR count). The minimum atomic E-state index is -2.86. The fraction of sp³-hybridized carbons (Fsp3) is 0.533. The van der Waals surface area contributed by atoms with Crippen LogP contribution in [0, 0.1) is 0 Å². The molecule has 1 amide bonds. The second kappa shape index (κ2) is 9.00. The average Bonchev–Trinajstić information content (AvgIpc) is 2.53. The lowest BCUT2D eigenvalue weighted by atomic mass is 9.91. The number of carbonyl (C=O) groups is 1. The minimum absolute atomic E-state index is 0. The van der Waals surface area contributed by atoms with Crippen LogP contribution in [0.25, 0.3) is 0 Å². The predicted octanol–water partition coefficient (Wildman–Crippen LogP) is 2.09. The van der Waals surface area contributed by atoms with E-state index < -0.39 is 12.2 Å². The highest BCUT2D eigenvalue weighted by atomic mass is 35.5. The number of amides is 1. The molecule has 0 spiro atoms. The summed E-state index contributed by atoms with van der Waals surface area (Å²) in [7, 11) is 1.53. The monoisotopic (exact) mass is 350 g/mol. The largest absolute Gasteiger partial charge is 0.435 e. The molecule has 1 aliphatic heterocycles. The summed E-state index contributed by atoms with van der Waals surface area (Å²) < 4.78 is 34.2. The lowest BCUT2D eigenvalue weighted by Gasteiger charge is -2.34. The molecule has 5 nitrogen and oxygen atoms in total. The van der Waals surface area contributed by atoms with E-state index in [0.29, 0.717) is 18.4 Å². The number of hydrogen-bond donors (Lipinski definition) is 2. The number of nitrogens with one attached hydrogen (secondary N) is 2. The summed E-state index contributed by atoms with van der Waals surface area (Å²) in [5.41, 5.74) is -0.130. The Balaban J connectivity index is 0.00000264. The van der Waals surface area contributed by atoms with Crippen molar-refractivity contribution in [2.75, 3.05) is 20.2 Å². The van der Waals surface area contributed by atoms with Gasteiger partial charge in [-0.3, -0.25) is 4.79 Å². The van der Waals surface area contributed by atoms with Gasteiger partial charge >= 0.3 is 6.61 Å². The molecule has 0 bridgehead atoms. The Labute approximate surface area is 140 Å². The first-order valence-electron chi connectivity index (χ1n) is 7.14. The summed E-state index contributed by atoms with van der Waals surface area (Å²) in [6.07, 6.45) is 1.20. The van der Waals surface area contributed by atoms with Gasteiger partial charge in [-0.05, 0) is 43.6 Å². The van der Waals surface area contributed by atoms with Crippen LogP contribution in [0.3, 0.4) is 0 Å². The lowest BCUT2D eigenvalue weighted by molar-refractivity contribution is -0.146. The quantitative estimate of drug-likeness (QED) is 0.825. The van der Waals surface area contributed by atoms with Gasteiger partial charge in [-0.25, -0.2) is 0 Å². The van der Waals surface area contributed by atoms with E-state index in [1.54, 1.807) is 12.1 Å². The Morgan fingerprint density at radius 1 is 1.39 bits per heavy atom. The fourth-order valence-corrected chi connectivity index (χ4v) is 2.53. The fourth-order valence-electron chi connectivity index (χ4n) is 2.53. The Hall–Kier alpha value is -1.44. The Morgan fingerprint density at radius 3 is 2.70 bits per heavy atom. The van der Waals surface area contributed by atoms with Crippen LogP contribution in [-0.2, 0) is 16.1 Å². The standard InChI is InChI=1S/C15H20F2N2O3.ClH/c1-21-15(5-7-18-8-6-15)13(20)19-10-11-3-2-4-12(9-11)22-14(16)17;/h2-4,9,14,18H,5-8,10H2,1H3,(H,19,20);1H. The van der Waals surface area contributed by atoms with E-state index in [4.69, 9.17) is 4.74 Å². The molecule has 8 heteroatoms. The maximum atomic E-state index is 12.4. The Morgan fingerprint density at radius 2 is 2.09 bits per heavy atom. The molecular formula is C15H21ClF2N2O3. The molecule has 0 unspecified atom stereocenters. The number of hydrogen-bond acceptors (Lipinski definition) is 4. The van der Waals surface area contributed by atoms with Gasteiger partial charge in [-0.1, -0.05) is 12.1 Å². The number of halogens is 3. The van der Waals surface area contributed by atoms with E-state index in [0.717, 1.165) is 13.1 Å².